The molecule has 0 bridgehead atoms. The summed E-state index contributed by atoms with van der Waals surface area (Å²) in [5.74, 6) is 0. The van der Waals surface area contributed by atoms with Gasteiger partial charge in [-0.05, 0) is 58.1 Å². The molecular formula is C14H27N3. The number of allylic oxidation sites excluding steroid dienone is 2. The predicted octanol–water partition coefficient (Wildman–Crippen LogP) is 2.62. The van der Waals surface area contributed by atoms with Gasteiger partial charge in [0.25, 0.3) is 0 Å². The minimum Gasteiger partial charge on any atom is -0.402 e. The van der Waals surface area contributed by atoms with Crippen molar-refractivity contribution in [1.29, 1.82) is 0 Å². The van der Waals surface area contributed by atoms with Gasteiger partial charge >= 0.3 is 0 Å². The third kappa shape index (κ3) is 5.35. The Hall–Kier alpha value is -0.830. The molecule has 98 valence electrons. The van der Waals surface area contributed by atoms with E-state index in [4.69, 9.17) is 5.73 Å². The lowest BCUT2D eigenvalue weighted by Crippen LogP contribution is -2.34. The molecule has 0 unspecified atom stereocenters. The van der Waals surface area contributed by atoms with E-state index in [0.717, 1.165) is 17.8 Å². The van der Waals surface area contributed by atoms with Gasteiger partial charge in [-0.25, -0.2) is 0 Å². The second kappa shape index (κ2) is 7.49. The Morgan fingerprint density at radius 1 is 1.29 bits per heavy atom. The van der Waals surface area contributed by atoms with Crippen molar-refractivity contribution in [3.63, 3.8) is 0 Å². The smallest absolute Gasteiger partial charge is 0.0500 e. The van der Waals surface area contributed by atoms with Crippen LogP contribution in [0, 0.1) is 0 Å². The highest BCUT2D eigenvalue weighted by atomic mass is 14.9. The third-order valence-electron chi connectivity index (χ3n) is 3.48. The predicted molar refractivity (Wildman–Crippen MR) is 75.4 cm³/mol. The van der Waals surface area contributed by atoms with Crippen LogP contribution in [0.15, 0.2) is 16.3 Å². The maximum absolute atomic E-state index is 5.71. The van der Waals surface area contributed by atoms with Crippen molar-refractivity contribution >= 4 is 6.21 Å². The van der Waals surface area contributed by atoms with E-state index in [1.54, 1.807) is 0 Å². The Bertz CT molecular complexity index is 269. The average molecular weight is 237 g/mol. The van der Waals surface area contributed by atoms with Crippen LogP contribution in [0.3, 0.4) is 0 Å². The van der Waals surface area contributed by atoms with Crippen molar-refractivity contribution in [3.8, 4) is 0 Å². The second-order valence-electron chi connectivity index (χ2n) is 5.10. The summed E-state index contributed by atoms with van der Waals surface area (Å²) in [6.07, 6.45) is 8.08. The molecule has 3 nitrogen and oxygen atoms in total. The summed E-state index contributed by atoms with van der Waals surface area (Å²) in [6.45, 7) is 7.31. The Morgan fingerprint density at radius 2 is 1.94 bits per heavy atom. The van der Waals surface area contributed by atoms with E-state index in [0.29, 0.717) is 12.1 Å². The summed E-state index contributed by atoms with van der Waals surface area (Å²) >= 11 is 0. The van der Waals surface area contributed by atoms with Gasteiger partial charge in [-0.15, -0.1) is 0 Å². The van der Waals surface area contributed by atoms with E-state index in [1.165, 1.54) is 32.1 Å². The van der Waals surface area contributed by atoms with Crippen molar-refractivity contribution in [2.75, 3.05) is 6.54 Å². The normalized spacial score (nSPS) is 27.2. The van der Waals surface area contributed by atoms with Gasteiger partial charge in [0, 0.05) is 18.0 Å². The monoisotopic (exact) mass is 237 g/mol. The zero-order valence-corrected chi connectivity index (χ0v) is 11.5. The van der Waals surface area contributed by atoms with Gasteiger partial charge in [0.05, 0.1) is 6.04 Å². The van der Waals surface area contributed by atoms with Crippen LogP contribution in [0.5, 0.6) is 0 Å². The van der Waals surface area contributed by atoms with Gasteiger partial charge in [0.2, 0.25) is 0 Å². The third-order valence-corrected chi connectivity index (χ3v) is 3.48. The molecule has 0 aromatic rings. The fraction of sp³-hybridized carbons (Fsp3) is 0.786. The van der Waals surface area contributed by atoms with Crippen LogP contribution in [-0.2, 0) is 0 Å². The van der Waals surface area contributed by atoms with Gasteiger partial charge in [-0.2, -0.15) is 0 Å². The van der Waals surface area contributed by atoms with Crippen molar-refractivity contribution in [2.45, 2.75) is 65.0 Å². The Labute approximate surface area is 106 Å². The quantitative estimate of drug-likeness (QED) is 0.722. The SMILES string of the molecule is CCCNC1CCC(N=CC(C)=C(C)N)CC1. The molecular weight excluding hydrogens is 210 g/mol. The highest BCUT2D eigenvalue weighted by Crippen LogP contribution is 2.21. The Kier molecular flexibility index (Phi) is 6.27. The molecule has 0 aromatic heterocycles. The fourth-order valence-corrected chi connectivity index (χ4v) is 2.10. The lowest BCUT2D eigenvalue weighted by atomic mass is 9.91. The fourth-order valence-electron chi connectivity index (χ4n) is 2.10. The first-order valence-corrected chi connectivity index (χ1v) is 6.83. The molecule has 0 atom stereocenters. The Morgan fingerprint density at radius 3 is 2.47 bits per heavy atom. The Balaban J connectivity index is 2.30. The maximum Gasteiger partial charge on any atom is 0.0500 e. The van der Waals surface area contributed by atoms with Crippen LogP contribution in [0.4, 0.5) is 0 Å². The van der Waals surface area contributed by atoms with E-state index in [2.05, 4.69) is 17.2 Å². The summed E-state index contributed by atoms with van der Waals surface area (Å²) in [4.78, 5) is 4.63. The molecule has 1 saturated carbocycles. The van der Waals surface area contributed by atoms with Crippen LogP contribution in [0.25, 0.3) is 0 Å². The van der Waals surface area contributed by atoms with Crippen LogP contribution in [-0.4, -0.2) is 24.8 Å². The molecule has 1 aliphatic rings. The van der Waals surface area contributed by atoms with E-state index in [1.807, 2.05) is 20.1 Å². The van der Waals surface area contributed by atoms with Crippen molar-refractivity contribution < 1.29 is 0 Å². The molecule has 0 aromatic carbocycles. The van der Waals surface area contributed by atoms with Gasteiger partial charge in [-0.3, -0.25) is 4.99 Å². The van der Waals surface area contributed by atoms with E-state index in [-0.39, 0.29) is 0 Å². The maximum atomic E-state index is 5.71. The van der Waals surface area contributed by atoms with Crippen molar-refractivity contribution in [2.24, 2.45) is 10.7 Å². The summed E-state index contributed by atoms with van der Waals surface area (Å²) in [7, 11) is 0. The highest BCUT2D eigenvalue weighted by molar-refractivity contribution is 5.78. The lowest BCUT2D eigenvalue weighted by Gasteiger charge is -2.27. The summed E-state index contributed by atoms with van der Waals surface area (Å²) < 4.78 is 0. The standard InChI is InChI=1S/C14H27N3/c1-4-9-16-13-5-7-14(8-6-13)17-10-11(2)12(3)15/h10,13-14,16H,4-9,15H2,1-3H3. The summed E-state index contributed by atoms with van der Waals surface area (Å²) in [5.41, 5.74) is 7.67. The highest BCUT2D eigenvalue weighted by Gasteiger charge is 2.19. The molecule has 0 saturated heterocycles. The molecule has 3 N–H and O–H groups in total. The van der Waals surface area contributed by atoms with E-state index < -0.39 is 0 Å². The van der Waals surface area contributed by atoms with Gasteiger partial charge < -0.3 is 11.1 Å². The number of nitrogens with two attached hydrogens (primary N) is 1. The number of nitrogens with one attached hydrogen (secondary N) is 1. The van der Waals surface area contributed by atoms with E-state index in [9.17, 15) is 0 Å². The lowest BCUT2D eigenvalue weighted by molar-refractivity contribution is 0.345. The molecule has 0 aliphatic heterocycles. The number of hydrogen-bond acceptors (Lipinski definition) is 3. The largest absolute Gasteiger partial charge is 0.402 e. The minimum atomic E-state index is 0.504. The molecule has 1 aliphatic carbocycles. The minimum absolute atomic E-state index is 0.504. The average Bonchev–Trinajstić information content (AvgIpc) is 2.34. The van der Waals surface area contributed by atoms with Crippen molar-refractivity contribution in [3.05, 3.63) is 11.3 Å². The number of nitrogens with zero attached hydrogens (tertiary/aromatic N) is 1. The first kappa shape index (κ1) is 14.2. The van der Waals surface area contributed by atoms with Gasteiger partial charge in [0.1, 0.15) is 0 Å². The van der Waals surface area contributed by atoms with E-state index >= 15 is 0 Å². The molecule has 1 fully saturated rings. The van der Waals surface area contributed by atoms with Crippen LogP contribution < -0.4 is 11.1 Å². The summed E-state index contributed by atoms with van der Waals surface area (Å²) in [5, 5.41) is 3.59. The molecule has 0 radical (unpaired) electrons. The molecule has 0 amide bonds. The number of rotatable bonds is 5. The molecule has 17 heavy (non-hydrogen) atoms. The molecule has 0 heterocycles. The van der Waals surface area contributed by atoms with Gasteiger partial charge in [-0.1, -0.05) is 6.92 Å². The zero-order chi connectivity index (χ0) is 12.7. The van der Waals surface area contributed by atoms with Crippen LogP contribution in [0.1, 0.15) is 52.9 Å². The first-order valence-electron chi connectivity index (χ1n) is 6.83. The van der Waals surface area contributed by atoms with Crippen LogP contribution in [0.2, 0.25) is 0 Å². The van der Waals surface area contributed by atoms with Crippen LogP contribution >= 0.6 is 0 Å². The van der Waals surface area contributed by atoms with Gasteiger partial charge in [0.15, 0.2) is 0 Å². The number of aliphatic imine (C=N–C) groups is 1. The number of hydrogen-bond donors (Lipinski definition) is 2. The zero-order valence-electron chi connectivity index (χ0n) is 11.5. The first-order chi connectivity index (χ1) is 8.13. The molecule has 1 rings (SSSR count). The topological polar surface area (TPSA) is 50.4 Å². The molecule has 3 heteroatoms. The van der Waals surface area contributed by atoms with Crippen molar-refractivity contribution in [1.82, 2.24) is 5.32 Å². The second-order valence-corrected chi connectivity index (χ2v) is 5.10. The molecule has 0 spiro atoms. The summed E-state index contributed by atoms with van der Waals surface area (Å²) in [6, 6.07) is 1.22.